The zero-order valence-corrected chi connectivity index (χ0v) is 10.3. The van der Waals surface area contributed by atoms with Gasteiger partial charge in [0, 0.05) is 24.3 Å². The molecule has 1 aromatic heterocycles. The maximum absolute atomic E-state index is 9.78. The summed E-state index contributed by atoms with van der Waals surface area (Å²) in [6, 6.07) is 3.82. The summed E-state index contributed by atoms with van der Waals surface area (Å²) >= 11 is 0. The molecule has 0 radical (unpaired) electrons. The van der Waals surface area contributed by atoms with Crippen LogP contribution in [0, 0.1) is 0 Å². The van der Waals surface area contributed by atoms with Crippen molar-refractivity contribution in [3.8, 4) is 5.88 Å². The summed E-state index contributed by atoms with van der Waals surface area (Å²) in [6.07, 6.45) is 1.70. The predicted octanol–water partition coefficient (Wildman–Crippen LogP) is 1.34. The van der Waals surface area contributed by atoms with E-state index in [-0.39, 0.29) is 6.04 Å². The van der Waals surface area contributed by atoms with Gasteiger partial charge in [-0.05, 0) is 26.8 Å². The zero-order chi connectivity index (χ0) is 12.2. The van der Waals surface area contributed by atoms with Gasteiger partial charge in [-0.1, -0.05) is 6.07 Å². The highest BCUT2D eigenvalue weighted by atomic mass is 16.5. The van der Waals surface area contributed by atoms with Gasteiger partial charge in [0.2, 0.25) is 5.88 Å². The number of pyridine rings is 1. The highest BCUT2D eigenvalue weighted by Crippen LogP contribution is 2.14. The van der Waals surface area contributed by atoms with Crippen molar-refractivity contribution in [3.05, 3.63) is 23.9 Å². The molecule has 1 rings (SSSR count). The molecule has 0 aliphatic rings. The number of aliphatic hydroxyl groups is 1. The van der Waals surface area contributed by atoms with Gasteiger partial charge in [-0.3, -0.25) is 0 Å². The Bertz CT molecular complexity index is 334. The van der Waals surface area contributed by atoms with E-state index in [9.17, 15) is 5.11 Å². The Labute approximate surface area is 96.7 Å². The van der Waals surface area contributed by atoms with Crippen molar-refractivity contribution in [2.45, 2.75) is 39.0 Å². The van der Waals surface area contributed by atoms with Crippen LogP contribution in [0.3, 0.4) is 0 Å². The van der Waals surface area contributed by atoms with Crippen LogP contribution in [0.1, 0.15) is 26.3 Å². The van der Waals surface area contributed by atoms with Crippen LogP contribution in [0.25, 0.3) is 0 Å². The lowest BCUT2D eigenvalue weighted by Crippen LogP contribution is -2.44. The number of hydrogen-bond acceptors (Lipinski definition) is 4. The second-order valence-electron chi connectivity index (χ2n) is 4.43. The molecule has 0 bridgehead atoms. The number of nitrogens with zero attached hydrogens (tertiary/aromatic N) is 1. The summed E-state index contributed by atoms with van der Waals surface area (Å²) in [5.41, 5.74) is 0.246. The first-order chi connectivity index (χ1) is 7.45. The third-order valence-electron chi connectivity index (χ3n) is 2.70. The maximum Gasteiger partial charge on any atom is 0.217 e. The van der Waals surface area contributed by atoms with E-state index in [1.807, 2.05) is 19.1 Å². The molecule has 0 spiro atoms. The van der Waals surface area contributed by atoms with E-state index in [2.05, 4.69) is 10.3 Å². The standard InChI is InChI=1S/C12H20N2O2/c1-9(12(2,3)15)14-8-10-6-5-7-13-11(10)16-4/h5-7,9,14-15H,8H2,1-4H3. The van der Waals surface area contributed by atoms with Crippen LogP contribution in [0.5, 0.6) is 5.88 Å². The Balaban J connectivity index is 2.61. The first-order valence-corrected chi connectivity index (χ1v) is 5.38. The second-order valence-corrected chi connectivity index (χ2v) is 4.43. The normalized spacial score (nSPS) is 13.6. The monoisotopic (exact) mass is 224 g/mol. The van der Waals surface area contributed by atoms with Crippen molar-refractivity contribution < 1.29 is 9.84 Å². The fourth-order valence-corrected chi connectivity index (χ4v) is 1.26. The molecular weight excluding hydrogens is 204 g/mol. The Hall–Kier alpha value is -1.13. The first-order valence-electron chi connectivity index (χ1n) is 5.38. The van der Waals surface area contributed by atoms with E-state index in [0.29, 0.717) is 12.4 Å². The molecule has 0 amide bonds. The van der Waals surface area contributed by atoms with Crippen molar-refractivity contribution in [2.75, 3.05) is 7.11 Å². The van der Waals surface area contributed by atoms with Gasteiger partial charge in [0.15, 0.2) is 0 Å². The molecule has 1 atom stereocenters. The molecule has 4 heteroatoms. The quantitative estimate of drug-likeness (QED) is 0.792. The fraction of sp³-hybridized carbons (Fsp3) is 0.583. The van der Waals surface area contributed by atoms with Gasteiger partial charge >= 0.3 is 0 Å². The fourth-order valence-electron chi connectivity index (χ4n) is 1.26. The van der Waals surface area contributed by atoms with E-state index in [4.69, 9.17) is 4.74 Å². The molecule has 0 fully saturated rings. The number of nitrogens with one attached hydrogen (secondary N) is 1. The van der Waals surface area contributed by atoms with Gasteiger partial charge in [-0.25, -0.2) is 4.98 Å². The van der Waals surface area contributed by atoms with Crippen LogP contribution in [-0.2, 0) is 6.54 Å². The third-order valence-corrected chi connectivity index (χ3v) is 2.70. The Morgan fingerprint density at radius 1 is 1.56 bits per heavy atom. The number of rotatable bonds is 5. The molecule has 1 aromatic rings. The Morgan fingerprint density at radius 2 is 2.25 bits per heavy atom. The van der Waals surface area contributed by atoms with Gasteiger partial charge < -0.3 is 15.2 Å². The minimum absolute atomic E-state index is 0.00240. The van der Waals surface area contributed by atoms with Gasteiger partial charge in [-0.15, -0.1) is 0 Å². The van der Waals surface area contributed by atoms with Crippen LogP contribution >= 0.6 is 0 Å². The maximum atomic E-state index is 9.78. The topological polar surface area (TPSA) is 54.4 Å². The van der Waals surface area contributed by atoms with Gasteiger partial charge in [0.1, 0.15) is 0 Å². The highest BCUT2D eigenvalue weighted by molar-refractivity contribution is 5.25. The summed E-state index contributed by atoms with van der Waals surface area (Å²) in [5, 5.41) is 13.0. The molecule has 1 unspecified atom stereocenters. The number of aromatic nitrogens is 1. The first kappa shape index (κ1) is 12.9. The van der Waals surface area contributed by atoms with E-state index in [0.717, 1.165) is 5.56 Å². The average molecular weight is 224 g/mol. The van der Waals surface area contributed by atoms with Crippen molar-refractivity contribution in [3.63, 3.8) is 0 Å². The summed E-state index contributed by atoms with van der Waals surface area (Å²) in [4.78, 5) is 4.11. The minimum atomic E-state index is -0.741. The second kappa shape index (κ2) is 5.27. The molecule has 0 aromatic carbocycles. The molecule has 0 aliphatic heterocycles. The number of ether oxygens (including phenoxy) is 1. The summed E-state index contributed by atoms with van der Waals surface area (Å²) in [7, 11) is 1.60. The average Bonchev–Trinajstić information content (AvgIpc) is 2.24. The van der Waals surface area contributed by atoms with Crippen molar-refractivity contribution >= 4 is 0 Å². The third kappa shape index (κ3) is 3.47. The zero-order valence-electron chi connectivity index (χ0n) is 10.3. The van der Waals surface area contributed by atoms with Crippen LogP contribution < -0.4 is 10.1 Å². The van der Waals surface area contributed by atoms with Crippen molar-refractivity contribution in [2.24, 2.45) is 0 Å². The molecule has 1 heterocycles. The Kier molecular flexibility index (Phi) is 4.26. The lowest BCUT2D eigenvalue weighted by atomic mass is 10.0. The smallest absolute Gasteiger partial charge is 0.217 e. The van der Waals surface area contributed by atoms with Crippen LogP contribution in [0.15, 0.2) is 18.3 Å². The van der Waals surface area contributed by atoms with Crippen molar-refractivity contribution in [1.29, 1.82) is 0 Å². The summed E-state index contributed by atoms with van der Waals surface area (Å²) < 4.78 is 5.15. The SMILES string of the molecule is COc1ncccc1CNC(C)C(C)(C)O. The summed E-state index contributed by atoms with van der Waals surface area (Å²) in [5.74, 6) is 0.623. The number of methoxy groups -OCH3 is 1. The minimum Gasteiger partial charge on any atom is -0.481 e. The molecule has 0 aliphatic carbocycles. The van der Waals surface area contributed by atoms with E-state index in [1.54, 1.807) is 27.2 Å². The van der Waals surface area contributed by atoms with E-state index >= 15 is 0 Å². The largest absolute Gasteiger partial charge is 0.481 e. The van der Waals surface area contributed by atoms with Crippen LogP contribution in [-0.4, -0.2) is 28.8 Å². The van der Waals surface area contributed by atoms with Crippen LogP contribution in [0.4, 0.5) is 0 Å². The molecule has 90 valence electrons. The van der Waals surface area contributed by atoms with E-state index < -0.39 is 5.60 Å². The molecule has 2 N–H and O–H groups in total. The van der Waals surface area contributed by atoms with Crippen molar-refractivity contribution in [1.82, 2.24) is 10.3 Å². The van der Waals surface area contributed by atoms with Gasteiger partial charge in [-0.2, -0.15) is 0 Å². The molecule has 4 nitrogen and oxygen atoms in total. The highest BCUT2D eigenvalue weighted by Gasteiger charge is 2.21. The lowest BCUT2D eigenvalue weighted by Gasteiger charge is -2.27. The molecule has 0 saturated heterocycles. The van der Waals surface area contributed by atoms with Gasteiger partial charge in [0.25, 0.3) is 0 Å². The van der Waals surface area contributed by atoms with E-state index in [1.165, 1.54) is 0 Å². The van der Waals surface area contributed by atoms with Gasteiger partial charge in [0.05, 0.1) is 12.7 Å². The molecular formula is C12H20N2O2. The van der Waals surface area contributed by atoms with Crippen LogP contribution in [0.2, 0.25) is 0 Å². The predicted molar refractivity (Wildman–Crippen MR) is 63.4 cm³/mol. The molecule has 0 saturated carbocycles. The molecule has 16 heavy (non-hydrogen) atoms. The number of hydrogen-bond donors (Lipinski definition) is 2. The lowest BCUT2D eigenvalue weighted by molar-refractivity contribution is 0.0436. The summed E-state index contributed by atoms with van der Waals surface area (Å²) in [6.45, 7) is 6.14. The Morgan fingerprint density at radius 3 is 2.81 bits per heavy atom.